The summed E-state index contributed by atoms with van der Waals surface area (Å²) < 4.78 is 13.8. The summed E-state index contributed by atoms with van der Waals surface area (Å²) in [5.74, 6) is -0.449. The van der Waals surface area contributed by atoms with E-state index in [1.807, 2.05) is 4.90 Å². The first-order valence-corrected chi connectivity index (χ1v) is 6.49. The van der Waals surface area contributed by atoms with E-state index in [0.717, 1.165) is 18.7 Å². The molecule has 1 unspecified atom stereocenters. The molecule has 1 heterocycles. The number of carbonyl (C=O) groups excluding carboxylic acids is 1. The quantitative estimate of drug-likeness (QED) is 0.817. The molecule has 3 N–H and O–H groups in total. The van der Waals surface area contributed by atoms with E-state index in [1.165, 1.54) is 13.0 Å². The zero-order valence-corrected chi connectivity index (χ0v) is 11.5. The number of carbonyl (C=O) groups is 1. The topological polar surface area (TPSA) is 58.4 Å². The summed E-state index contributed by atoms with van der Waals surface area (Å²) in [5, 5.41) is 2.87. The van der Waals surface area contributed by atoms with E-state index in [1.54, 1.807) is 12.1 Å². The number of amides is 1. The van der Waals surface area contributed by atoms with Crippen LogP contribution in [0.25, 0.3) is 0 Å². The summed E-state index contributed by atoms with van der Waals surface area (Å²) >= 11 is 4.77. The molecule has 1 amide bonds. The lowest BCUT2D eigenvalue weighted by molar-refractivity contribution is -0.119. The van der Waals surface area contributed by atoms with Crippen molar-refractivity contribution < 1.29 is 9.18 Å². The minimum Gasteiger partial charge on any atom is -0.389 e. The van der Waals surface area contributed by atoms with E-state index < -0.39 is 5.82 Å². The summed E-state index contributed by atoms with van der Waals surface area (Å²) in [6.07, 6.45) is 0.859. The molecule has 0 aliphatic carbocycles. The van der Waals surface area contributed by atoms with Crippen LogP contribution in [0.3, 0.4) is 0 Å². The highest BCUT2D eigenvalue weighted by atomic mass is 32.1. The molecule has 0 bridgehead atoms. The second-order valence-corrected chi connectivity index (χ2v) is 5.10. The normalized spacial score (nSPS) is 18.4. The third-order valence-corrected chi connectivity index (χ3v) is 3.40. The van der Waals surface area contributed by atoms with Gasteiger partial charge in [-0.05, 0) is 24.6 Å². The number of thiocarbonyl (C=S) groups is 1. The van der Waals surface area contributed by atoms with Gasteiger partial charge in [0.2, 0.25) is 5.91 Å². The Labute approximate surface area is 116 Å². The first-order valence-electron chi connectivity index (χ1n) is 6.09. The number of nitrogens with one attached hydrogen (secondary N) is 1. The maximum Gasteiger partial charge on any atom is 0.217 e. The van der Waals surface area contributed by atoms with Crippen LogP contribution in [0.1, 0.15) is 18.9 Å². The Kier molecular flexibility index (Phi) is 3.99. The van der Waals surface area contributed by atoms with Crippen LogP contribution in [0.2, 0.25) is 0 Å². The van der Waals surface area contributed by atoms with Gasteiger partial charge < -0.3 is 16.0 Å². The number of hydrogen-bond acceptors (Lipinski definition) is 3. The molecule has 0 saturated carbocycles. The first kappa shape index (κ1) is 13.7. The van der Waals surface area contributed by atoms with Crippen LogP contribution in [0, 0.1) is 5.82 Å². The molecular formula is C13H16FN3OS. The standard InChI is InChI=1S/C13H16FN3OS/c1-8(18)16-9-4-5-17(7-9)10-2-3-11(13(15)19)12(14)6-10/h2-3,6,9H,4-5,7H2,1H3,(H2,15,19)(H,16,18). The highest BCUT2D eigenvalue weighted by Gasteiger charge is 2.23. The van der Waals surface area contributed by atoms with Gasteiger partial charge in [-0.25, -0.2) is 4.39 Å². The van der Waals surface area contributed by atoms with Crippen molar-refractivity contribution in [1.82, 2.24) is 5.32 Å². The molecule has 6 heteroatoms. The molecular weight excluding hydrogens is 265 g/mol. The van der Waals surface area contributed by atoms with Gasteiger partial charge in [0, 0.05) is 37.3 Å². The van der Waals surface area contributed by atoms with E-state index in [4.69, 9.17) is 18.0 Å². The summed E-state index contributed by atoms with van der Waals surface area (Å²) in [4.78, 5) is 13.1. The SMILES string of the molecule is CC(=O)NC1CCN(c2ccc(C(N)=S)c(F)c2)C1. The predicted molar refractivity (Wildman–Crippen MR) is 76.7 cm³/mol. The maximum absolute atomic E-state index is 13.8. The van der Waals surface area contributed by atoms with Gasteiger partial charge in [0.25, 0.3) is 0 Å². The number of hydrogen-bond donors (Lipinski definition) is 2. The second kappa shape index (κ2) is 5.52. The molecule has 1 aliphatic rings. The monoisotopic (exact) mass is 281 g/mol. The lowest BCUT2D eigenvalue weighted by Crippen LogP contribution is -2.35. The zero-order chi connectivity index (χ0) is 14.0. The third kappa shape index (κ3) is 3.20. The third-order valence-electron chi connectivity index (χ3n) is 3.18. The van der Waals surface area contributed by atoms with E-state index in [-0.39, 0.29) is 22.5 Å². The fourth-order valence-electron chi connectivity index (χ4n) is 2.30. The molecule has 1 fully saturated rings. The van der Waals surface area contributed by atoms with E-state index in [9.17, 15) is 9.18 Å². The van der Waals surface area contributed by atoms with Crippen molar-refractivity contribution in [3.63, 3.8) is 0 Å². The minimum absolute atomic E-state index is 0.0399. The molecule has 0 spiro atoms. The Balaban J connectivity index is 2.09. The average Bonchev–Trinajstić information content (AvgIpc) is 2.75. The van der Waals surface area contributed by atoms with Crippen molar-refractivity contribution >= 4 is 28.8 Å². The van der Waals surface area contributed by atoms with Gasteiger partial charge in [-0.2, -0.15) is 0 Å². The number of halogens is 1. The molecule has 0 aromatic heterocycles. The molecule has 1 atom stereocenters. The van der Waals surface area contributed by atoms with Crippen molar-refractivity contribution in [2.75, 3.05) is 18.0 Å². The fourth-order valence-corrected chi connectivity index (χ4v) is 2.47. The van der Waals surface area contributed by atoms with Crippen LogP contribution >= 0.6 is 12.2 Å². The Bertz CT molecular complexity index is 521. The summed E-state index contributed by atoms with van der Waals surface area (Å²) in [6, 6.07) is 4.95. The van der Waals surface area contributed by atoms with Gasteiger partial charge in [0.05, 0.1) is 0 Å². The molecule has 19 heavy (non-hydrogen) atoms. The Morgan fingerprint density at radius 1 is 1.58 bits per heavy atom. The van der Waals surface area contributed by atoms with Gasteiger partial charge >= 0.3 is 0 Å². The van der Waals surface area contributed by atoms with Gasteiger partial charge in [0.1, 0.15) is 10.8 Å². The van der Waals surface area contributed by atoms with Crippen molar-refractivity contribution in [3.8, 4) is 0 Å². The number of benzene rings is 1. The molecule has 0 radical (unpaired) electrons. The van der Waals surface area contributed by atoms with E-state index in [0.29, 0.717) is 6.54 Å². The van der Waals surface area contributed by atoms with Crippen molar-refractivity contribution in [3.05, 3.63) is 29.6 Å². The van der Waals surface area contributed by atoms with Crippen molar-refractivity contribution in [2.45, 2.75) is 19.4 Å². The van der Waals surface area contributed by atoms with Gasteiger partial charge in [-0.1, -0.05) is 12.2 Å². The van der Waals surface area contributed by atoms with Gasteiger partial charge in [-0.3, -0.25) is 4.79 Å². The Hall–Kier alpha value is -1.69. The summed E-state index contributed by atoms with van der Waals surface area (Å²) in [6.45, 7) is 2.97. The second-order valence-electron chi connectivity index (χ2n) is 4.66. The van der Waals surface area contributed by atoms with Crippen molar-refractivity contribution in [2.24, 2.45) is 5.73 Å². The fraction of sp³-hybridized carbons (Fsp3) is 0.385. The first-order chi connectivity index (χ1) is 8.97. The predicted octanol–water partition coefficient (Wildman–Crippen LogP) is 1.17. The highest BCUT2D eigenvalue weighted by molar-refractivity contribution is 7.80. The molecule has 1 aliphatic heterocycles. The number of anilines is 1. The summed E-state index contributed by atoms with van der Waals surface area (Å²) in [5.41, 5.74) is 6.47. The average molecular weight is 281 g/mol. The summed E-state index contributed by atoms with van der Waals surface area (Å²) in [7, 11) is 0. The van der Waals surface area contributed by atoms with Crippen LogP contribution in [0.15, 0.2) is 18.2 Å². The Morgan fingerprint density at radius 3 is 2.89 bits per heavy atom. The van der Waals surface area contributed by atoms with Crippen molar-refractivity contribution in [1.29, 1.82) is 0 Å². The lowest BCUT2D eigenvalue weighted by Gasteiger charge is -2.19. The number of rotatable bonds is 3. The lowest BCUT2D eigenvalue weighted by atomic mass is 10.2. The number of nitrogens with two attached hydrogens (primary N) is 1. The minimum atomic E-state index is -0.409. The van der Waals surface area contributed by atoms with E-state index in [2.05, 4.69) is 5.32 Å². The van der Waals surface area contributed by atoms with Gasteiger partial charge in [-0.15, -0.1) is 0 Å². The van der Waals surface area contributed by atoms with Crippen LogP contribution in [-0.2, 0) is 4.79 Å². The highest BCUT2D eigenvalue weighted by Crippen LogP contribution is 2.23. The molecule has 4 nitrogen and oxygen atoms in total. The molecule has 1 aromatic rings. The Morgan fingerprint density at radius 2 is 2.32 bits per heavy atom. The number of nitrogens with zero attached hydrogens (tertiary/aromatic N) is 1. The maximum atomic E-state index is 13.8. The zero-order valence-electron chi connectivity index (χ0n) is 10.6. The smallest absolute Gasteiger partial charge is 0.217 e. The van der Waals surface area contributed by atoms with Crippen LogP contribution in [0.5, 0.6) is 0 Å². The molecule has 102 valence electrons. The molecule has 1 saturated heterocycles. The van der Waals surface area contributed by atoms with Crippen LogP contribution in [0.4, 0.5) is 10.1 Å². The van der Waals surface area contributed by atoms with Crippen LogP contribution < -0.4 is 16.0 Å². The largest absolute Gasteiger partial charge is 0.389 e. The van der Waals surface area contributed by atoms with Gasteiger partial charge in [0.15, 0.2) is 0 Å². The molecule has 1 aromatic carbocycles. The molecule has 2 rings (SSSR count). The van der Waals surface area contributed by atoms with E-state index >= 15 is 0 Å². The van der Waals surface area contributed by atoms with Crippen LogP contribution in [-0.4, -0.2) is 30.0 Å².